The molecule has 2 heteroatoms. The van der Waals surface area contributed by atoms with E-state index in [2.05, 4.69) is 104 Å². The molecular weight excluding hydrogens is 424 g/mol. The van der Waals surface area contributed by atoms with E-state index in [-0.39, 0.29) is 0 Å². The molecule has 0 aliphatic rings. The van der Waals surface area contributed by atoms with Gasteiger partial charge in [0.25, 0.3) is 0 Å². The van der Waals surface area contributed by atoms with Crippen LogP contribution in [-0.2, 0) is 7.05 Å². The number of nitrogens with zero attached hydrogens (tertiary/aromatic N) is 2. The lowest BCUT2D eigenvalue weighted by Gasteiger charge is -2.07. The highest BCUT2D eigenvalue weighted by Crippen LogP contribution is 2.30. The standard InChI is InChI=1S/C21H20N2.C8H10.2C2H6/c1-3-17(18-10-5-4-6-11-18)16-22-20-13-8-7-12-19(20)21-14-9-15-23(21)2;1-7-5-3-4-6-8(7)2;2*1-2/h3-16H,1-2H3;3-6H,1-2H3;2*1-2H3/b17-3+,22-16?;;;. The normalized spacial score (nSPS) is 10.3. The first-order valence-electron chi connectivity index (χ1n) is 12.6. The fourth-order valence-corrected chi connectivity index (χ4v) is 3.29. The van der Waals surface area contributed by atoms with Crippen LogP contribution >= 0.6 is 0 Å². The van der Waals surface area contributed by atoms with Gasteiger partial charge < -0.3 is 4.57 Å². The van der Waals surface area contributed by atoms with Crippen LogP contribution in [0, 0.1) is 13.8 Å². The minimum absolute atomic E-state index is 0.976. The molecule has 0 spiro atoms. The Bertz CT molecular complexity index is 1140. The summed E-state index contributed by atoms with van der Waals surface area (Å²) in [5.41, 5.74) is 8.31. The van der Waals surface area contributed by atoms with Crippen LogP contribution in [0.1, 0.15) is 51.3 Å². The Morgan fingerprint density at radius 1 is 0.686 bits per heavy atom. The zero-order valence-corrected chi connectivity index (χ0v) is 22.8. The Balaban J connectivity index is 0.000000427. The molecule has 1 aromatic heterocycles. The van der Waals surface area contributed by atoms with Crippen molar-refractivity contribution in [2.24, 2.45) is 12.0 Å². The maximum Gasteiger partial charge on any atom is 0.0723 e. The molecule has 0 aliphatic heterocycles. The van der Waals surface area contributed by atoms with E-state index < -0.39 is 0 Å². The summed E-state index contributed by atoms with van der Waals surface area (Å²) in [6, 6.07) is 31.1. The van der Waals surface area contributed by atoms with Crippen LogP contribution in [0.2, 0.25) is 0 Å². The first-order valence-corrected chi connectivity index (χ1v) is 12.6. The monoisotopic (exact) mass is 466 g/mol. The minimum atomic E-state index is 0.976. The molecule has 0 amide bonds. The number of rotatable bonds is 4. The summed E-state index contributed by atoms with van der Waals surface area (Å²) in [7, 11) is 2.05. The predicted molar refractivity (Wildman–Crippen MR) is 158 cm³/mol. The predicted octanol–water partition coefficient (Wildman–Crippen LogP) is 9.85. The Hall–Kier alpha value is -3.65. The van der Waals surface area contributed by atoms with Gasteiger partial charge in [-0.25, -0.2) is 0 Å². The highest BCUT2D eigenvalue weighted by Gasteiger charge is 2.06. The molecule has 0 aliphatic carbocycles. The largest absolute Gasteiger partial charge is 0.351 e. The molecule has 0 radical (unpaired) electrons. The van der Waals surface area contributed by atoms with Gasteiger partial charge in [-0.05, 0) is 61.2 Å². The Labute approximate surface area is 213 Å². The number of para-hydroxylation sites is 1. The van der Waals surface area contributed by atoms with E-state index in [0.29, 0.717) is 0 Å². The highest BCUT2D eigenvalue weighted by atomic mass is 14.9. The first-order chi connectivity index (χ1) is 17.1. The number of aliphatic imine (C=N–C) groups is 1. The number of aryl methyl sites for hydroxylation is 3. The molecule has 2 nitrogen and oxygen atoms in total. The van der Waals surface area contributed by atoms with Crippen molar-refractivity contribution >= 4 is 17.5 Å². The van der Waals surface area contributed by atoms with E-state index >= 15 is 0 Å². The number of benzene rings is 3. The van der Waals surface area contributed by atoms with Crippen molar-refractivity contribution in [2.45, 2.75) is 48.5 Å². The molecule has 0 N–H and O–H groups in total. The molecular formula is C33H42N2. The molecule has 4 rings (SSSR count). The van der Waals surface area contributed by atoms with Crippen molar-refractivity contribution in [1.82, 2.24) is 4.57 Å². The van der Waals surface area contributed by atoms with Gasteiger partial charge in [0, 0.05) is 30.7 Å². The molecule has 0 saturated carbocycles. The maximum atomic E-state index is 4.74. The Morgan fingerprint density at radius 2 is 1.23 bits per heavy atom. The van der Waals surface area contributed by atoms with Crippen LogP contribution < -0.4 is 0 Å². The van der Waals surface area contributed by atoms with Crippen molar-refractivity contribution in [3.8, 4) is 11.3 Å². The van der Waals surface area contributed by atoms with Crippen LogP contribution in [0.4, 0.5) is 5.69 Å². The van der Waals surface area contributed by atoms with Gasteiger partial charge in [-0.15, -0.1) is 0 Å². The van der Waals surface area contributed by atoms with Crippen LogP contribution in [0.3, 0.4) is 0 Å². The average molecular weight is 467 g/mol. The lowest BCUT2D eigenvalue weighted by molar-refractivity contribution is 0.937. The molecule has 35 heavy (non-hydrogen) atoms. The van der Waals surface area contributed by atoms with E-state index in [9.17, 15) is 0 Å². The summed E-state index contributed by atoms with van der Waals surface area (Å²) < 4.78 is 2.11. The third-order valence-corrected chi connectivity index (χ3v) is 5.31. The van der Waals surface area contributed by atoms with Crippen LogP contribution in [0.15, 0.2) is 108 Å². The molecule has 3 aromatic carbocycles. The van der Waals surface area contributed by atoms with Gasteiger partial charge in [0.1, 0.15) is 0 Å². The smallest absolute Gasteiger partial charge is 0.0723 e. The summed E-state index contributed by atoms with van der Waals surface area (Å²) in [5.74, 6) is 0. The van der Waals surface area contributed by atoms with E-state index in [1.165, 1.54) is 22.4 Å². The van der Waals surface area contributed by atoms with Gasteiger partial charge in [0.15, 0.2) is 0 Å². The second kappa shape index (κ2) is 16.9. The average Bonchev–Trinajstić information content (AvgIpc) is 3.35. The van der Waals surface area contributed by atoms with Gasteiger partial charge >= 0.3 is 0 Å². The molecule has 0 saturated heterocycles. The lowest BCUT2D eigenvalue weighted by atomic mass is 10.1. The van der Waals surface area contributed by atoms with Crippen molar-refractivity contribution < 1.29 is 0 Å². The van der Waals surface area contributed by atoms with Crippen LogP contribution in [0.5, 0.6) is 0 Å². The number of hydrogen-bond donors (Lipinski definition) is 0. The van der Waals surface area contributed by atoms with Crippen molar-refractivity contribution in [1.29, 1.82) is 0 Å². The summed E-state index contributed by atoms with van der Waals surface area (Å²) in [6.45, 7) is 14.3. The molecule has 184 valence electrons. The number of allylic oxidation sites excluding steroid dienone is 2. The van der Waals surface area contributed by atoms with Crippen molar-refractivity contribution in [3.05, 3.63) is 120 Å². The topological polar surface area (TPSA) is 17.3 Å². The third-order valence-electron chi connectivity index (χ3n) is 5.31. The molecule has 0 fully saturated rings. The minimum Gasteiger partial charge on any atom is -0.351 e. The van der Waals surface area contributed by atoms with E-state index in [4.69, 9.17) is 4.99 Å². The molecule has 0 bridgehead atoms. The van der Waals surface area contributed by atoms with Gasteiger partial charge in [0.2, 0.25) is 0 Å². The first kappa shape index (κ1) is 29.4. The van der Waals surface area contributed by atoms with E-state index in [0.717, 1.165) is 16.8 Å². The molecule has 4 aromatic rings. The van der Waals surface area contributed by atoms with Gasteiger partial charge in [-0.2, -0.15) is 0 Å². The molecule has 0 atom stereocenters. The maximum absolute atomic E-state index is 4.74. The Morgan fingerprint density at radius 3 is 1.74 bits per heavy atom. The second-order valence-electron chi connectivity index (χ2n) is 7.47. The fourth-order valence-electron chi connectivity index (χ4n) is 3.29. The van der Waals surface area contributed by atoms with Crippen LogP contribution in [-0.4, -0.2) is 10.8 Å². The summed E-state index contributed by atoms with van der Waals surface area (Å²) >= 11 is 0. The zero-order chi connectivity index (χ0) is 26.1. The summed E-state index contributed by atoms with van der Waals surface area (Å²) in [6.07, 6.45) is 6.08. The summed E-state index contributed by atoms with van der Waals surface area (Å²) in [5, 5.41) is 0. The lowest BCUT2D eigenvalue weighted by Crippen LogP contribution is -1.90. The fraction of sp³-hybridized carbons (Fsp3) is 0.242. The summed E-state index contributed by atoms with van der Waals surface area (Å²) in [4.78, 5) is 4.74. The Kier molecular flexibility index (Phi) is 14.2. The van der Waals surface area contributed by atoms with E-state index in [1.54, 1.807) is 0 Å². The number of aromatic nitrogens is 1. The second-order valence-corrected chi connectivity index (χ2v) is 7.47. The van der Waals surface area contributed by atoms with Crippen molar-refractivity contribution in [2.75, 3.05) is 0 Å². The highest BCUT2D eigenvalue weighted by molar-refractivity contribution is 6.10. The zero-order valence-electron chi connectivity index (χ0n) is 22.8. The SMILES string of the molecule is C/C=C(\C=Nc1ccccc1-c1cccn1C)c1ccccc1.CC.CC.Cc1ccccc1C. The molecule has 1 heterocycles. The third kappa shape index (κ3) is 9.25. The van der Waals surface area contributed by atoms with Gasteiger partial charge in [0.05, 0.1) is 5.69 Å². The van der Waals surface area contributed by atoms with Crippen LogP contribution in [0.25, 0.3) is 16.8 Å². The van der Waals surface area contributed by atoms with E-state index in [1.807, 2.05) is 65.1 Å². The quantitative estimate of drug-likeness (QED) is 0.266. The van der Waals surface area contributed by atoms with Crippen molar-refractivity contribution in [3.63, 3.8) is 0 Å². The van der Waals surface area contributed by atoms with Gasteiger partial charge in [-0.3, -0.25) is 4.99 Å². The van der Waals surface area contributed by atoms with Gasteiger partial charge in [-0.1, -0.05) is 107 Å². The number of hydrogen-bond acceptors (Lipinski definition) is 1. The molecule has 0 unspecified atom stereocenters.